The molecule has 3 fully saturated rings. The van der Waals surface area contributed by atoms with Gasteiger partial charge in [0.1, 0.15) is 5.76 Å². The number of likely N-dealkylation sites (N-methyl/N-ethyl adjacent to an activating group) is 1. The average molecular weight is 443 g/mol. The molecule has 3 amide bonds. The number of urea groups is 1. The van der Waals surface area contributed by atoms with E-state index in [2.05, 4.69) is 15.2 Å². The molecule has 2 aromatic heterocycles. The van der Waals surface area contributed by atoms with Gasteiger partial charge < -0.3 is 24.0 Å². The van der Waals surface area contributed by atoms with Crippen molar-refractivity contribution >= 4 is 11.9 Å². The fourth-order valence-electron chi connectivity index (χ4n) is 5.44. The number of piperidine rings is 1. The minimum absolute atomic E-state index is 0.102. The van der Waals surface area contributed by atoms with Crippen molar-refractivity contribution in [2.24, 2.45) is 0 Å². The molecule has 3 saturated heterocycles. The van der Waals surface area contributed by atoms with Gasteiger partial charge in [-0.3, -0.25) is 9.48 Å². The van der Waals surface area contributed by atoms with Gasteiger partial charge in [-0.05, 0) is 38.7 Å². The van der Waals surface area contributed by atoms with E-state index in [0.29, 0.717) is 44.3 Å². The van der Waals surface area contributed by atoms with Crippen LogP contribution in [0.15, 0.2) is 23.0 Å². The van der Waals surface area contributed by atoms with Gasteiger partial charge in [0.25, 0.3) is 5.91 Å². The molecule has 0 bridgehead atoms. The topological polar surface area (TPSA) is 96.9 Å². The van der Waals surface area contributed by atoms with E-state index >= 15 is 0 Å². The minimum Gasteiger partial charge on any atom is -0.381 e. The third-order valence-electron chi connectivity index (χ3n) is 7.18. The Kier molecular flexibility index (Phi) is 5.40. The maximum absolute atomic E-state index is 13.3. The van der Waals surface area contributed by atoms with E-state index < -0.39 is 0 Å². The molecular weight excluding hydrogens is 412 g/mol. The predicted octanol–water partition coefficient (Wildman–Crippen LogP) is 1.75. The Bertz CT molecular complexity index is 973. The van der Waals surface area contributed by atoms with Crippen molar-refractivity contribution in [3.05, 3.63) is 35.5 Å². The maximum atomic E-state index is 13.3. The van der Waals surface area contributed by atoms with Gasteiger partial charge in [0.05, 0.1) is 12.1 Å². The summed E-state index contributed by atoms with van der Waals surface area (Å²) in [4.78, 5) is 32.1. The Morgan fingerprint density at radius 1 is 1.25 bits per heavy atom. The lowest BCUT2D eigenvalue weighted by atomic mass is 9.86. The van der Waals surface area contributed by atoms with Crippen LogP contribution in [0.5, 0.6) is 0 Å². The first kappa shape index (κ1) is 21.0. The average Bonchev–Trinajstić information content (AvgIpc) is 3.50. The van der Waals surface area contributed by atoms with Crippen molar-refractivity contribution in [2.75, 3.05) is 39.9 Å². The first-order valence-corrected chi connectivity index (χ1v) is 11.3. The molecule has 3 aliphatic heterocycles. The Labute approximate surface area is 187 Å². The monoisotopic (exact) mass is 442 g/mol. The summed E-state index contributed by atoms with van der Waals surface area (Å²) in [5.41, 5.74) is 0.980. The molecule has 172 valence electrons. The van der Waals surface area contributed by atoms with E-state index in [1.165, 1.54) is 0 Å². The summed E-state index contributed by atoms with van der Waals surface area (Å²) in [7, 11) is 1.88. The van der Waals surface area contributed by atoms with E-state index in [1.54, 1.807) is 10.9 Å². The number of carbonyl (C=O) groups excluding carboxylic acids is 2. The summed E-state index contributed by atoms with van der Waals surface area (Å²) in [5.74, 6) is 0.513. The standard InChI is InChI=1S/C22H30N6O4/c1-16-18(14-27-9-3-8-23-27)19(24-32-16)20(29)26-10-4-17(5-11-26)28-21(30)25(2)15-22(28)6-12-31-13-7-22/h3,8-9,17H,4-7,10-15H2,1-2H3. The predicted molar refractivity (Wildman–Crippen MR) is 114 cm³/mol. The molecule has 5 heterocycles. The molecule has 0 N–H and O–H groups in total. The van der Waals surface area contributed by atoms with Crippen molar-refractivity contribution in [3.63, 3.8) is 0 Å². The van der Waals surface area contributed by atoms with E-state index in [9.17, 15) is 9.59 Å². The second-order valence-corrected chi connectivity index (χ2v) is 9.14. The Morgan fingerprint density at radius 2 is 2.00 bits per heavy atom. The van der Waals surface area contributed by atoms with Crippen molar-refractivity contribution in [3.8, 4) is 0 Å². The number of aromatic nitrogens is 3. The van der Waals surface area contributed by atoms with E-state index in [0.717, 1.165) is 37.8 Å². The molecule has 10 heteroatoms. The largest absolute Gasteiger partial charge is 0.381 e. The van der Waals surface area contributed by atoms with Gasteiger partial charge in [-0.2, -0.15) is 5.10 Å². The van der Waals surface area contributed by atoms with Crippen LogP contribution in [-0.4, -0.2) is 93.1 Å². The smallest absolute Gasteiger partial charge is 0.320 e. The Balaban J connectivity index is 1.28. The maximum Gasteiger partial charge on any atom is 0.320 e. The highest BCUT2D eigenvalue weighted by Crippen LogP contribution is 2.38. The highest BCUT2D eigenvalue weighted by Gasteiger charge is 2.52. The van der Waals surface area contributed by atoms with Gasteiger partial charge >= 0.3 is 6.03 Å². The molecule has 0 radical (unpaired) electrons. The van der Waals surface area contributed by atoms with Crippen molar-refractivity contribution in [1.29, 1.82) is 0 Å². The van der Waals surface area contributed by atoms with E-state index in [4.69, 9.17) is 9.26 Å². The molecule has 0 aromatic carbocycles. The number of nitrogens with zero attached hydrogens (tertiary/aromatic N) is 6. The number of hydrogen-bond acceptors (Lipinski definition) is 6. The molecule has 32 heavy (non-hydrogen) atoms. The van der Waals surface area contributed by atoms with E-state index in [1.807, 2.05) is 36.0 Å². The van der Waals surface area contributed by atoms with Crippen LogP contribution >= 0.6 is 0 Å². The minimum atomic E-state index is -0.138. The summed E-state index contributed by atoms with van der Waals surface area (Å²) in [5, 5.41) is 8.29. The molecule has 10 nitrogen and oxygen atoms in total. The molecule has 0 aliphatic carbocycles. The molecule has 5 rings (SSSR count). The van der Waals surface area contributed by atoms with Crippen molar-refractivity contribution in [1.82, 2.24) is 29.6 Å². The number of rotatable bonds is 4. The fraction of sp³-hybridized carbons (Fsp3) is 0.636. The van der Waals surface area contributed by atoms with Crippen molar-refractivity contribution < 1.29 is 18.8 Å². The lowest BCUT2D eigenvalue weighted by molar-refractivity contribution is -0.0151. The van der Waals surface area contributed by atoms with Gasteiger partial charge in [0.2, 0.25) is 0 Å². The zero-order chi connectivity index (χ0) is 22.3. The van der Waals surface area contributed by atoms with Gasteiger partial charge in [-0.15, -0.1) is 0 Å². The number of aryl methyl sites for hydroxylation is 1. The van der Waals surface area contributed by atoms with Crippen LogP contribution in [0.4, 0.5) is 4.79 Å². The zero-order valence-electron chi connectivity index (χ0n) is 18.7. The summed E-state index contributed by atoms with van der Waals surface area (Å²) in [6.07, 6.45) is 6.83. The molecule has 1 spiro atoms. The first-order chi connectivity index (χ1) is 15.5. The number of likely N-dealkylation sites (tertiary alicyclic amines) is 1. The van der Waals surface area contributed by atoms with Crippen LogP contribution in [0.1, 0.15) is 47.5 Å². The summed E-state index contributed by atoms with van der Waals surface area (Å²) in [6, 6.07) is 2.08. The SMILES string of the molecule is Cc1onc(C(=O)N2CCC(N3C(=O)N(C)CC34CCOCC4)CC2)c1Cn1cccn1. The van der Waals surface area contributed by atoms with Crippen LogP contribution in [0.25, 0.3) is 0 Å². The van der Waals surface area contributed by atoms with Crippen LogP contribution in [0.2, 0.25) is 0 Å². The number of amides is 3. The Morgan fingerprint density at radius 3 is 2.69 bits per heavy atom. The first-order valence-electron chi connectivity index (χ1n) is 11.3. The second-order valence-electron chi connectivity index (χ2n) is 9.14. The van der Waals surface area contributed by atoms with E-state index in [-0.39, 0.29) is 23.5 Å². The van der Waals surface area contributed by atoms with Gasteiger partial charge in [0.15, 0.2) is 5.69 Å². The molecule has 3 aliphatic rings. The van der Waals surface area contributed by atoms with Crippen LogP contribution in [0.3, 0.4) is 0 Å². The summed E-state index contributed by atoms with van der Waals surface area (Å²) < 4.78 is 12.7. The summed E-state index contributed by atoms with van der Waals surface area (Å²) >= 11 is 0. The van der Waals surface area contributed by atoms with Crippen LogP contribution in [0, 0.1) is 6.92 Å². The highest BCUT2D eigenvalue weighted by molar-refractivity contribution is 5.94. The van der Waals surface area contributed by atoms with Crippen LogP contribution in [-0.2, 0) is 11.3 Å². The fourth-order valence-corrected chi connectivity index (χ4v) is 5.44. The number of hydrogen-bond donors (Lipinski definition) is 0. The van der Waals surface area contributed by atoms with Gasteiger partial charge in [0, 0.05) is 63.9 Å². The molecule has 0 atom stereocenters. The highest BCUT2D eigenvalue weighted by atomic mass is 16.5. The lowest BCUT2D eigenvalue weighted by Gasteiger charge is -2.46. The molecule has 2 aromatic rings. The number of ether oxygens (including phenoxy) is 1. The molecule has 0 saturated carbocycles. The third kappa shape index (κ3) is 3.56. The Hall–Kier alpha value is -2.88. The third-order valence-corrected chi connectivity index (χ3v) is 7.18. The van der Waals surface area contributed by atoms with Gasteiger partial charge in [-0.1, -0.05) is 5.16 Å². The molecule has 0 unspecified atom stereocenters. The van der Waals surface area contributed by atoms with Crippen LogP contribution < -0.4 is 0 Å². The zero-order valence-corrected chi connectivity index (χ0v) is 18.7. The lowest BCUT2D eigenvalue weighted by Crippen LogP contribution is -2.57. The second kappa shape index (κ2) is 8.23. The summed E-state index contributed by atoms with van der Waals surface area (Å²) in [6.45, 7) is 5.59. The van der Waals surface area contributed by atoms with Gasteiger partial charge in [-0.25, -0.2) is 4.79 Å². The quantitative estimate of drug-likeness (QED) is 0.716. The van der Waals surface area contributed by atoms with Crippen molar-refractivity contribution in [2.45, 2.75) is 50.7 Å². The normalized spacial score (nSPS) is 21.7. The molecular formula is C22H30N6O4. The number of carbonyl (C=O) groups is 2.